The fourth-order valence-electron chi connectivity index (χ4n) is 4.20. The second-order valence-electron chi connectivity index (χ2n) is 9.89. The molecule has 1 aliphatic rings. The number of carbonyl (C=O) groups is 2. The maximum absolute atomic E-state index is 13.1. The molecule has 8 heteroatoms. The fraction of sp³-hybridized carbons (Fsp3) is 0.654. The molecule has 190 valence electrons. The quantitative estimate of drug-likeness (QED) is 0.429. The van der Waals surface area contributed by atoms with Gasteiger partial charge in [0, 0.05) is 17.7 Å². The number of ether oxygens (including phenoxy) is 1. The summed E-state index contributed by atoms with van der Waals surface area (Å²) in [5.41, 5.74) is 0.272. The highest BCUT2D eigenvalue weighted by Gasteiger charge is 2.42. The molecule has 1 aromatic heterocycles. The van der Waals surface area contributed by atoms with Crippen LogP contribution >= 0.6 is 11.3 Å². The molecule has 1 aromatic rings. The van der Waals surface area contributed by atoms with Gasteiger partial charge in [0.1, 0.15) is 16.9 Å². The third-order valence-corrected chi connectivity index (χ3v) is 7.60. The first kappa shape index (κ1) is 28.4. The molecular formula is C26H39NO6S. The second kappa shape index (κ2) is 12.7. The number of ketones is 1. The molecule has 1 aliphatic heterocycles. The van der Waals surface area contributed by atoms with Gasteiger partial charge in [-0.25, -0.2) is 4.98 Å². The summed E-state index contributed by atoms with van der Waals surface area (Å²) >= 11 is 1.36. The molecule has 0 aliphatic carbocycles. The van der Waals surface area contributed by atoms with E-state index < -0.39 is 35.6 Å². The maximum Gasteiger partial charge on any atom is 0.309 e. The van der Waals surface area contributed by atoms with Crippen LogP contribution in [-0.2, 0) is 20.9 Å². The summed E-state index contributed by atoms with van der Waals surface area (Å²) in [6.45, 7) is 8.57. The van der Waals surface area contributed by atoms with Crippen molar-refractivity contribution < 1.29 is 29.6 Å². The number of allylic oxidation sites excluding steroid dienone is 1. The van der Waals surface area contributed by atoms with E-state index in [0.717, 1.165) is 24.8 Å². The van der Waals surface area contributed by atoms with E-state index in [0.29, 0.717) is 17.1 Å². The molecule has 7 nitrogen and oxygen atoms in total. The minimum Gasteiger partial charge on any atom is -0.457 e. The average molecular weight is 494 g/mol. The van der Waals surface area contributed by atoms with Gasteiger partial charge >= 0.3 is 5.97 Å². The van der Waals surface area contributed by atoms with Crippen molar-refractivity contribution in [3.8, 4) is 0 Å². The molecule has 0 unspecified atom stereocenters. The van der Waals surface area contributed by atoms with Crippen molar-refractivity contribution >= 4 is 29.2 Å². The predicted octanol–water partition coefficient (Wildman–Crippen LogP) is 4.06. The molecule has 0 radical (unpaired) electrons. The number of aromatic nitrogens is 1. The minimum absolute atomic E-state index is 0.0574. The zero-order chi connectivity index (χ0) is 25.5. The largest absolute Gasteiger partial charge is 0.457 e. The molecule has 0 amide bonds. The Bertz CT molecular complexity index is 890. The molecule has 34 heavy (non-hydrogen) atoms. The Morgan fingerprint density at radius 1 is 1.26 bits per heavy atom. The van der Waals surface area contributed by atoms with Crippen molar-refractivity contribution in [3.63, 3.8) is 0 Å². The number of hydrogen-bond donors (Lipinski definition) is 3. The number of rotatable bonds is 3. The van der Waals surface area contributed by atoms with Crippen molar-refractivity contribution in [2.75, 3.05) is 0 Å². The Morgan fingerprint density at radius 2 is 1.97 bits per heavy atom. The van der Waals surface area contributed by atoms with Gasteiger partial charge in [-0.15, -0.1) is 11.3 Å². The number of carbonyl (C=O) groups excluding carboxylic acids is 2. The van der Waals surface area contributed by atoms with Gasteiger partial charge in [0.2, 0.25) is 0 Å². The molecule has 0 saturated heterocycles. The first-order valence-electron chi connectivity index (χ1n) is 12.0. The van der Waals surface area contributed by atoms with E-state index in [-0.39, 0.29) is 24.7 Å². The molecule has 2 rings (SSSR count). The molecular weight excluding hydrogens is 454 g/mol. The lowest BCUT2D eigenvalue weighted by molar-refractivity contribution is -0.154. The molecule has 0 fully saturated rings. The van der Waals surface area contributed by atoms with Crippen LogP contribution < -0.4 is 0 Å². The summed E-state index contributed by atoms with van der Waals surface area (Å²) in [6.07, 6.45) is 5.87. The van der Waals surface area contributed by atoms with Crippen LogP contribution in [0.1, 0.15) is 77.4 Å². The Labute approximate surface area is 206 Å². The smallest absolute Gasteiger partial charge is 0.309 e. The van der Waals surface area contributed by atoms with Crippen LogP contribution in [0.15, 0.2) is 23.1 Å². The lowest BCUT2D eigenvalue weighted by Gasteiger charge is -2.34. The van der Waals surface area contributed by atoms with Crippen molar-refractivity contribution in [2.24, 2.45) is 17.3 Å². The summed E-state index contributed by atoms with van der Waals surface area (Å²) in [5, 5.41) is 33.2. The predicted molar refractivity (Wildman–Crippen MR) is 133 cm³/mol. The average Bonchev–Trinajstić information content (AvgIpc) is 3.25. The number of aliphatic hydroxyl groups is 3. The summed E-state index contributed by atoms with van der Waals surface area (Å²) < 4.78 is 5.73. The number of aliphatic hydroxyl groups excluding tert-OH is 3. The van der Waals surface area contributed by atoms with Crippen LogP contribution in [0.3, 0.4) is 0 Å². The molecule has 3 N–H and O–H groups in total. The number of esters is 1. The molecule has 0 spiro atoms. The summed E-state index contributed by atoms with van der Waals surface area (Å²) in [7, 11) is 0. The van der Waals surface area contributed by atoms with Crippen LogP contribution in [0.25, 0.3) is 6.08 Å². The van der Waals surface area contributed by atoms with E-state index in [1.54, 1.807) is 20.8 Å². The molecule has 0 aromatic carbocycles. The SMILES string of the molecule is CC(=Cc1csc(CO)n1)[C@@H]1CC=CCCC[C@H](C)[C@H](O)[C@@H](C)C(=O)C(C)(C)[C@@H](O)CC(=O)O1. The van der Waals surface area contributed by atoms with Gasteiger partial charge in [0.05, 0.1) is 36.3 Å². The van der Waals surface area contributed by atoms with E-state index in [1.807, 2.05) is 37.5 Å². The van der Waals surface area contributed by atoms with Crippen LogP contribution in [-0.4, -0.2) is 50.4 Å². The highest BCUT2D eigenvalue weighted by molar-refractivity contribution is 7.09. The number of nitrogens with zero attached hydrogens (tertiary/aromatic N) is 1. The Hall–Kier alpha value is -1.87. The standard InChI is InChI=1S/C26H39NO6S/c1-16-10-8-6-7-9-11-20(17(2)12-19-15-34-22(14-28)27-19)33-23(30)13-21(29)26(4,5)25(32)18(3)24(16)31/h7,9,12,15-16,18,20-21,24,28-29,31H,6,8,10-11,13-14H2,1-5H3/t16-,18+,20-,21-,24-/m0/s1. The van der Waals surface area contributed by atoms with Crippen molar-refractivity contribution in [2.45, 2.75) is 91.6 Å². The first-order valence-corrected chi connectivity index (χ1v) is 12.8. The summed E-state index contributed by atoms with van der Waals surface area (Å²) in [4.78, 5) is 30.2. The van der Waals surface area contributed by atoms with Gasteiger partial charge in [-0.3, -0.25) is 9.59 Å². The molecule has 2 heterocycles. The van der Waals surface area contributed by atoms with Crippen molar-refractivity contribution in [1.29, 1.82) is 0 Å². The van der Waals surface area contributed by atoms with E-state index in [2.05, 4.69) is 4.98 Å². The molecule has 0 bridgehead atoms. The van der Waals surface area contributed by atoms with Gasteiger partial charge in [-0.05, 0) is 43.8 Å². The molecule has 0 saturated carbocycles. The second-order valence-corrected chi connectivity index (χ2v) is 10.8. The fourth-order valence-corrected chi connectivity index (χ4v) is 4.81. The highest BCUT2D eigenvalue weighted by Crippen LogP contribution is 2.32. The van der Waals surface area contributed by atoms with Crippen molar-refractivity contribution in [1.82, 2.24) is 4.98 Å². The first-order chi connectivity index (χ1) is 16.0. The summed E-state index contributed by atoms with van der Waals surface area (Å²) in [5.74, 6) is -1.57. The highest BCUT2D eigenvalue weighted by atomic mass is 32.1. The van der Waals surface area contributed by atoms with Crippen LogP contribution in [0.5, 0.6) is 0 Å². The Morgan fingerprint density at radius 3 is 2.62 bits per heavy atom. The number of cyclic esters (lactones) is 1. The van der Waals surface area contributed by atoms with Gasteiger partial charge in [0.15, 0.2) is 0 Å². The van der Waals surface area contributed by atoms with E-state index in [1.165, 1.54) is 11.3 Å². The maximum atomic E-state index is 13.1. The van der Waals surface area contributed by atoms with Crippen LogP contribution in [0.2, 0.25) is 0 Å². The van der Waals surface area contributed by atoms with Gasteiger partial charge < -0.3 is 20.1 Å². The molecule has 5 atom stereocenters. The van der Waals surface area contributed by atoms with Crippen LogP contribution in [0, 0.1) is 17.3 Å². The summed E-state index contributed by atoms with van der Waals surface area (Å²) in [6, 6.07) is 0. The van der Waals surface area contributed by atoms with E-state index >= 15 is 0 Å². The van der Waals surface area contributed by atoms with E-state index in [4.69, 9.17) is 4.74 Å². The normalized spacial score (nSPS) is 30.2. The van der Waals surface area contributed by atoms with Gasteiger partial charge in [-0.2, -0.15) is 0 Å². The third kappa shape index (κ3) is 7.57. The lowest BCUT2D eigenvalue weighted by atomic mass is 9.73. The number of Topliss-reactive ketones (excluding diaryl/α,β-unsaturated/α-hetero) is 1. The Balaban J connectivity index is 2.27. The Kier molecular flexibility index (Phi) is 10.6. The van der Waals surface area contributed by atoms with E-state index in [9.17, 15) is 24.9 Å². The van der Waals surface area contributed by atoms with Gasteiger partial charge in [-0.1, -0.05) is 39.8 Å². The van der Waals surface area contributed by atoms with Crippen LogP contribution in [0.4, 0.5) is 0 Å². The third-order valence-electron chi connectivity index (χ3n) is 6.75. The van der Waals surface area contributed by atoms with Crippen molar-refractivity contribution in [3.05, 3.63) is 33.8 Å². The minimum atomic E-state index is -1.24. The zero-order valence-corrected chi connectivity index (χ0v) is 21.7. The topological polar surface area (TPSA) is 117 Å². The van der Waals surface area contributed by atoms with Gasteiger partial charge in [0.25, 0.3) is 0 Å². The lowest BCUT2D eigenvalue weighted by Crippen LogP contribution is -2.45. The zero-order valence-electron chi connectivity index (χ0n) is 20.9. The monoisotopic (exact) mass is 493 g/mol. The number of hydrogen-bond acceptors (Lipinski definition) is 8. The number of thiazole rings is 1.